The fraction of sp³-hybridized carbons (Fsp3) is 0.625. The lowest BCUT2D eigenvalue weighted by atomic mass is 10.1. The highest BCUT2D eigenvalue weighted by molar-refractivity contribution is 5.25. The van der Waals surface area contributed by atoms with Gasteiger partial charge in [0.25, 0.3) is 0 Å². The first kappa shape index (κ1) is 16.1. The van der Waals surface area contributed by atoms with Gasteiger partial charge in [0.15, 0.2) is 0 Å². The minimum absolute atomic E-state index is 0.0768. The Morgan fingerprint density at radius 3 is 2.32 bits per heavy atom. The SMILES string of the molecule is CCN(CC)Cc1cc(CNC(C)(C)C)ccc1F. The summed E-state index contributed by atoms with van der Waals surface area (Å²) in [7, 11) is 0. The molecular formula is C16H27FN2. The number of hydrogen-bond acceptors (Lipinski definition) is 2. The predicted octanol–water partition coefficient (Wildman–Crippen LogP) is 3.56. The van der Waals surface area contributed by atoms with Gasteiger partial charge in [0.2, 0.25) is 0 Å². The first-order chi connectivity index (χ1) is 8.85. The summed E-state index contributed by atoms with van der Waals surface area (Å²) in [5.41, 5.74) is 2.00. The van der Waals surface area contributed by atoms with Crippen LogP contribution in [-0.4, -0.2) is 23.5 Å². The second kappa shape index (κ2) is 7.01. The van der Waals surface area contributed by atoms with Gasteiger partial charge in [0.1, 0.15) is 5.82 Å². The molecule has 0 radical (unpaired) electrons. The molecule has 0 fully saturated rings. The summed E-state index contributed by atoms with van der Waals surface area (Å²) in [6.07, 6.45) is 0. The minimum Gasteiger partial charge on any atom is -0.308 e. The van der Waals surface area contributed by atoms with Crippen molar-refractivity contribution in [1.82, 2.24) is 10.2 Å². The van der Waals surface area contributed by atoms with Crippen molar-refractivity contribution >= 4 is 0 Å². The van der Waals surface area contributed by atoms with Gasteiger partial charge in [-0.25, -0.2) is 4.39 Å². The van der Waals surface area contributed by atoms with Crippen LogP contribution in [0, 0.1) is 5.82 Å². The second-order valence-corrected chi connectivity index (χ2v) is 5.99. The Balaban J connectivity index is 2.76. The van der Waals surface area contributed by atoms with Crippen LogP contribution < -0.4 is 5.32 Å². The van der Waals surface area contributed by atoms with Crippen LogP contribution in [-0.2, 0) is 13.1 Å². The summed E-state index contributed by atoms with van der Waals surface area (Å²) in [5, 5.41) is 3.43. The van der Waals surface area contributed by atoms with Crippen molar-refractivity contribution in [3.8, 4) is 0 Å². The van der Waals surface area contributed by atoms with E-state index in [0.29, 0.717) is 6.54 Å². The molecule has 0 aliphatic heterocycles. The van der Waals surface area contributed by atoms with Crippen LogP contribution in [0.4, 0.5) is 4.39 Å². The average molecular weight is 266 g/mol. The Labute approximate surface area is 117 Å². The summed E-state index contributed by atoms with van der Waals surface area (Å²) >= 11 is 0. The van der Waals surface area contributed by atoms with Gasteiger partial charge >= 0.3 is 0 Å². The number of benzene rings is 1. The zero-order valence-corrected chi connectivity index (χ0v) is 12.9. The number of rotatable bonds is 6. The van der Waals surface area contributed by atoms with Gasteiger partial charge in [-0.2, -0.15) is 0 Å². The molecule has 0 saturated carbocycles. The van der Waals surface area contributed by atoms with E-state index in [1.165, 1.54) is 0 Å². The molecule has 1 N–H and O–H groups in total. The van der Waals surface area contributed by atoms with Crippen molar-refractivity contribution in [3.05, 3.63) is 35.1 Å². The number of nitrogens with one attached hydrogen (secondary N) is 1. The fourth-order valence-corrected chi connectivity index (χ4v) is 1.91. The molecule has 1 aromatic rings. The summed E-state index contributed by atoms with van der Waals surface area (Å²) in [4.78, 5) is 2.22. The largest absolute Gasteiger partial charge is 0.308 e. The fourth-order valence-electron chi connectivity index (χ4n) is 1.91. The molecule has 19 heavy (non-hydrogen) atoms. The summed E-state index contributed by atoms with van der Waals surface area (Å²) < 4.78 is 13.8. The number of halogens is 1. The number of nitrogens with zero attached hydrogens (tertiary/aromatic N) is 1. The summed E-state index contributed by atoms with van der Waals surface area (Å²) in [6.45, 7) is 13.9. The van der Waals surface area contributed by atoms with E-state index in [0.717, 1.165) is 30.8 Å². The third-order valence-electron chi connectivity index (χ3n) is 3.22. The highest BCUT2D eigenvalue weighted by Gasteiger charge is 2.11. The van der Waals surface area contributed by atoms with Gasteiger partial charge in [-0.1, -0.05) is 26.0 Å². The van der Waals surface area contributed by atoms with Gasteiger partial charge < -0.3 is 5.32 Å². The molecule has 108 valence electrons. The topological polar surface area (TPSA) is 15.3 Å². The van der Waals surface area contributed by atoms with Crippen LogP contribution in [0.15, 0.2) is 18.2 Å². The summed E-state index contributed by atoms with van der Waals surface area (Å²) in [6, 6.07) is 5.42. The molecule has 0 aliphatic carbocycles. The molecule has 0 heterocycles. The maximum absolute atomic E-state index is 13.8. The maximum Gasteiger partial charge on any atom is 0.127 e. The van der Waals surface area contributed by atoms with Crippen molar-refractivity contribution in [2.24, 2.45) is 0 Å². The van der Waals surface area contributed by atoms with E-state index in [1.54, 1.807) is 6.07 Å². The van der Waals surface area contributed by atoms with Crippen molar-refractivity contribution in [2.45, 2.75) is 53.2 Å². The Bertz CT molecular complexity index is 392. The molecule has 0 spiro atoms. The van der Waals surface area contributed by atoms with Crippen molar-refractivity contribution in [2.75, 3.05) is 13.1 Å². The lowest BCUT2D eigenvalue weighted by Crippen LogP contribution is -2.35. The van der Waals surface area contributed by atoms with Gasteiger partial charge in [0.05, 0.1) is 0 Å². The summed E-state index contributed by atoms with van der Waals surface area (Å²) in [5.74, 6) is -0.105. The van der Waals surface area contributed by atoms with Crippen molar-refractivity contribution < 1.29 is 4.39 Å². The minimum atomic E-state index is -0.105. The average Bonchev–Trinajstić information content (AvgIpc) is 2.35. The van der Waals surface area contributed by atoms with Crippen LogP contribution in [0.5, 0.6) is 0 Å². The molecule has 1 aromatic carbocycles. The van der Waals surface area contributed by atoms with Crippen LogP contribution in [0.25, 0.3) is 0 Å². The standard InChI is InChI=1S/C16H27FN2/c1-6-19(7-2)12-14-10-13(8-9-15(14)17)11-18-16(3,4)5/h8-10,18H,6-7,11-12H2,1-5H3. The molecule has 2 nitrogen and oxygen atoms in total. The monoisotopic (exact) mass is 266 g/mol. The quantitative estimate of drug-likeness (QED) is 0.847. The van der Waals surface area contributed by atoms with Gasteiger partial charge in [-0.3, -0.25) is 4.90 Å². The number of hydrogen-bond donors (Lipinski definition) is 1. The highest BCUT2D eigenvalue weighted by atomic mass is 19.1. The Kier molecular flexibility index (Phi) is 5.95. The smallest absolute Gasteiger partial charge is 0.127 e. The Morgan fingerprint density at radius 1 is 1.16 bits per heavy atom. The first-order valence-electron chi connectivity index (χ1n) is 7.10. The molecule has 0 atom stereocenters. The van der Waals surface area contributed by atoms with E-state index >= 15 is 0 Å². The van der Waals surface area contributed by atoms with E-state index in [2.05, 4.69) is 44.8 Å². The zero-order chi connectivity index (χ0) is 14.5. The molecule has 0 bridgehead atoms. The zero-order valence-electron chi connectivity index (χ0n) is 12.9. The van der Waals surface area contributed by atoms with Crippen molar-refractivity contribution in [1.29, 1.82) is 0 Å². The predicted molar refractivity (Wildman–Crippen MR) is 79.6 cm³/mol. The molecule has 3 heteroatoms. The molecule has 0 saturated heterocycles. The maximum atomic E-state index is 13.8. The van der Waals surface area contributed by atoms with E-state index in [-0.39, 0.29) is 11.4 Å². The second-order valence-electron chi connectivity index (χ2n) is 5.99. The van der Waals surface area contributed by atoms with Crippen LogP contribution in [0.1, 0.15) is 45.7 Å². The Morgan fingerprint density at radius 2 is 1.79 bits per heavy atom. The molecule has 1 rings (SSSR count). The molecule has 0 aliphatic rings. The lowest BCUT2D eigenvalue weighted by molar-refractivity contribution is 0.291. The van der Waals surface area contributed by atoms with E-state index in [9.17, 15) is 4.39 Å². The van der Waals surface area contributed by atoms with E-state index < -0.39 is 0 Å². The third-order valence-corrected chi connectivity index (χ3v) is 3.22. The van der Waals surface area contributed by atoms with Gasteiger partial charge in [-0.15, -0.1) is 0 Å². The molecule has 0 aromatic heterocycles. The van der Waals surface area contributed by atoms with Crippen LogP contribution in [0.2, 0.25) is 0 Å². The third kappa shape index (κ3) is 5.70. The molecule has 0 unspecified atom stereocenters. The highest BCUT2D eigenvalue weighted by Crippen LogP contribution is 2.14. The van der Waals surface area contributed by atoms with E-state index in [4.69, 9.17) is 0 Å². The van der Waals surface area contributed by atoms with Gasteiger partial charge in [0, 0.05) is 24.2 Å². The van der Waals surface area contributed by atoms with Crippen molar-refractivity contribution in [3.63, 3.8) is 0 Å². The van der Waals surface area contributed by atoms with Gasteiger partial charge in [-0.05, 0) is 45.5 Å². The lowest BCUT2D eigenvalue weighted by Gasteiger charge is -2.22. The van der Waals surface area contributed by atoms with Crippen LogP contribution in [0.3, 0.4) is 0 Å². The first-order valence-corrected chi connectivity index (χ1v) is 7.10. The van der Waals surface area contributed by atoms with E-state index in [1.807, 2.05) is 12.1 Å². The van der Waals surface area contributed by atoms with Crippen LogP contribution >= 0.6 is 0 Å². The normalized spacial score (nSPS) is 12.2. The Hall–Kier alpha value is -0.930. The molecule has 0 amide bonds. The molecular weight excluding hydrogens is 239 g/mol.